The second kappa shape index (κ2) is 3.96. The third-order valence-electron chi connectivity index (χ3n) is 4.26. The fraction of sp³-hybridized carbons (Fsp3) is 0.500. The number of nitrogens with one attached hydrogen (secondary N) is 1. The lowest BCUT2D eigenvalue weighted by atomic mass is 9.95. The molecule has 2 saturated carbocycles. The van der Waals surface area contributed by atoms with E-state index in [2.05, 4.69) is 11.4 Å². The molecule has 3 unspecified atom stereocenters. The van der Waals surface area contributed by atoms with Crippen LogP contribution in [0.25, 0.3) is 0 Å². The van der Waals surface area contributed by atoms with Crippen molar-refractivity contribution >= 4 is 11.4 Å². The summed E-state index contributed by atoms with van der Waals surface area (Å²) >= 11 is 0. The smallest absolute Gasteiger partial charge is 0.0992 e. The molecule has 1 aromatic carbocycles. The Labute approximate surface area is 102 Å². The number of benzene rings is 1. The number of nitrogens with zero attached hydrogens (tertiary/aromatic N) is 1. The first-order valence-corrected chi connectivity index (χ1v) is 6.32. The van der Waals surface area contributed by atoms with Gasteiger partial charge in [-0.05, 0) is 49.3 Å². The maximum absolute atomic E-state index is 8.90. The first-order chi connectivity index (χ1) is 8.26. The van der Waals surface area contributed by atoms with Crippen LogP contribution in [-0.4, -0.2) is 6.04 Å². The Hall–Kier alpha value is -1.69. The largest absolute Gasteiger partial charge is 0.397 e. The van der Waals surface area contributed by atoms with Crippen LogP contribution in [0.3, 0.4) is 0 Å². The maximum Gasteiger partial charge on any atom is 0.0992 e. The number of nitriles is 1. The van der Waals surface area contributed by atoms with Crippen LogP contribution in [0.15, 0.2) is 18.2 Å². The molecule has 2 bridgehead atoms. The topological polar surface area (TPSA) is 61.8 Å². The molecule has 17 heavy (non-hydrogen) atoms. The summed E-state index contributed by atoms with van der Waals surface area (Å²) in [4.78, 5) is 0. The molecular formula is C14H17N3. The van der Waals surface area contributed by atoms with E-state index in [1.165, 1.54) is 25.7 Å². The Balaban J connectivity index is 1.79. The zero-order valence-corrected chi connectivity index (χ0v) is 9.82. The average Bonchev–Trinajstić information content (AvgIpc) is 2.94. The Morgan fingerprint density at radius 3 is 2.82 bits per heavy atom. The molecule has 3 atom stereocenters. The minimum absolute atomic E-state index is 0.560. The molecule has 3 nitrogen and oxygen atoms in total. The summed E-state index contributed by atoms with van der Waals surface area (Å²) in [6, 6.07) is 8.16. The molecular weight excluding hydrogens is 210 g/mol. The number of anilines is 2. The molecule has 0 saturated heterocycles. The van der Waals surface area contributed by atoms with Crippen molar-refractivity contribution in [3.63, 3.8) is 0 Å². The van der Waals surface area contributed by atoms with Gasteiger partial charge >= 0.3 is 0 Å². The van der Waals surface area contributed by atoms with Crippen LogP contribution in [-0.2, 0) is 0 Å². The standard InChI is InChI=1S/C14H17N3/c15-8-10-2-4-12(16)14(7-10)17-13-6-9-1-3-11(13)5-9/h2,4,7,9,11,13,17H,1,3,5-6,16H2. The number of rotatable bonds is 2. The lowest BCUT2D eigenvalue weighted by molar-refractivity contribution is 0.440. The van der Waals surface area contributed by atoms with Crippen molar-refractivity contribution < 1.29 is 0 Å². The first kappa shape index (κ1) is 10.5. The van der Waals surface area contributed by atoms with E-state index >= 15 is 0 Å². The maximum atomic E-state index is 8.90. The number of fused-ring (bicyclic) bond motifs is 2. The van der Waals surface area contributed by atoms with Crippen LogP contribution in [0.2, 0.25) is 0 Å². The highest BCUT2D eigenvalue weighted by Crippen LogP contribution is 2.45. The van der Waals surface area contributed by atoms with E-state index in [1.807, 2.05) is 12.1 Å². The summed E-state index contributed by atoms with van der Waals surface area (Å²) in [5.74, 6) is 1.73. The monoisotopic (exact) mass is 227 g/mol. The molecule has 2 fully saturated rings. The zero-order chi connectivity index (χ0) is 11.8. The number of hydrogen-bond donors (Lipinski definition) is 2. The summed E-state index contributed by atoms with van der Waals surface area (Å²) in [6.45, 7) is 0. The van der Waals surface area contributed by atoms with E-state index < -0.39 is 0 Å². The van der Waals surface area contributed by atoms with Gasteiger partial charge in [-0.1, -0.05) is 6.42 Å². The van der Waals surface area contributed by atoms with Gasteiger partial charge in [-0.3, -0.25) is 0 Å². The molecule has 1 aromatic rings. The fourth-order valence-corrected chi connectivity index (χ4v) is 3.37. The summed E-state index contributed by atoms with van der Waals surface area (Å²) < 4.78 is 0. The highest BCUT2D eigenvalue weighted by Gasteiger charge is 2.39. The lowest BCUT2D eigenvalue weighted by Gasteiger charge is -2.24. The lowest BCUT2D eigenvalue weighted by Crippen LogP contribution is -2.26. The molecule has 2 aliphatic carbocycles. The Morgan fingerprint density at radius 2 is 2.18 bits per heavy atom. The van der Waals surface area contributed by atoms with Crippen molar-refractivity contribution in [1.82, 2.24) is 0 Å². The van der Waals surface area contributed by atoms with Crippen LogP contribution in [0, 0.1) is 23.2 Å². The number of nitrogen functional groups attached to an aromatic ring is 1. The van der Waals surface area contributed by atoms with E-state index in [0.29, 0.717) is 11.6 Å². The van der Waals surface area contributed by atoms with E-state index in [-0.39, 0.29) is 0 Å². The van der Waals surface area contributed by atoms with Crippen molar-refractivity contribution in [2.75, 3.05) is 11.1 Å². The van der Waals surface area contributed by atoms with Gasteiger partial charge in [-0.25, -0.2) is 0 Å². The van der Waals surface area contributed by atoms with E-state index in [1.54, 1.807) is 6.07 Å². The van der Waals surface area contributed by atoms with Gasteiger partial charge in [0, 0.05) is 6.04 Å². The predicted octanol–water partition coefficient (Wildman–Crippen LogP) is 2.74. The molecule has 0 spiro atoms. The first-order valence-electron chi connectivity index (χ1n) is 6.32. The van der Waals surface area contributed by atoms with Crippen molar-refractivity contribution in [2.24, 2.45) is 11.8 Å². The Kier molecular flexibility index (Phi) is 2.44. The van der Waals surface area contributed by atoms with Crippen LogP contribution in [0.1, 0.15) is 31.2 Å². The summed E-state index contributed by atoms with van der Waals surface area (Å²) in [5, 5.41) is 12.4. The second-order valence-corrected chi connectivity index (χ2v) is 5.34. The number of hydrogen-bond acceptors (Lipinski definition) is 3. The minimum Gasteiger partial charge on any atom is -0.397 e. The van der Waals surface area contributed by atoms with E-state index in [0.717, 1.165) is 23.2 Å². The molecule has 2 aliphatic rings. The quantitative estimate of drug-likeness (QED) is 0.764. The minimum atomic E-state index is 0.560. The van der Waals surface area contributed by atoms with Crippen LogP contribution < -0.4 is 11.1 Å². The molecule has 0 radical (unpaired) electrons. The second-order valence-electron chi connectivity index (χ2n) is 5.34. The van der Waals surface area contributed by atoms with Gasteiger partial charge in [0.15, 0.2) is 0 Å². The molecule has 88 valence electrons. The van der Waals surface area contributed by atoms with Gasteiger partial charge in [0.25, 0.3) is 0 Å². The number of nitrogens with two attached hydrogens (primary N) is 1. The third kappa shape index (κ3) is 1.84. The summed E-state index contributed by atoms with van der Waals surface area (Å²) in [7, 11) is 0. The molecule has 0 amide bonds. The Morgan fingerprint density at radius 1 is 1.29 bits per heavy atom. The van der Waals surface area contributed by atoms with Crippen molar-refractivity contribution in [3.8, 4) is 6.07 Å². The van der Waals surface area contributed by atoms with Gasteiger partial charge in [-0.15, -0.1) is 0 Å². The van der Waals surface area contributed by atoms with Crippen LogP contribution >= 0.6 is 0 Å². The van der Waals surface area contributed by atoms with E-state index in [9.17, 15) is 0 Å². The van der Waals surface area contributed by atoms with Gasteiger partial charge < -0.3 is 11.1 Å². The van der Waals surface area contributed by atoms with Crippen LogP contribution in [0.4, 0.5) is 11.4 Å². The predicted molar refractivity (Wildman–Crippen MR) is 68.4 cm³/mol. The molecule has 3 rings (SSSR count). The van der Waals surface area contributed by atoms with E-state index in [4.69, 9.17) is 11.0 Å². The zero-order valence-electron chi connectivity index (χ0n) is 9.82. The normalized spacial score (nSPS) is 30.2. The molecule has 3 heteroatoms. The van der Waals surface area contributed by atoms with Gasteiger partial charge in [0.2, 0.25) is 0 Å². The Bertz CT molecular complexity index is 475. The van der Waals surface area contributed by atoms with Gasteiger partial charge in [0.05, 0.1) is 23.0 Å². The molecule has 0 aromatic heterocycles. The summed E-state index contributed by atoms with van der Waals surface area (Å²) in [5.41, 5.74) is 8.29. The average molecular weight is 227 g/mol. The van der Waals surface area contributed by atoms with Crippen LogP contribution in [0.5, 0.6) is 0 Å². The van der Waals surface area contributed by atoms with Gasteiger partial charge in [0.1, 0.15) is 0 Å². The van der Waals surface area contributed by atoms with Crippen molar-refractivity contribution in [3.05, 3.63) is 23.8 Å². The highest BCUT2D eigenvalue weighted by atomic mass is 15.0. The molecule has 0 aliphatic heterocycles. The van der Waals surface area contributed by atoms with Gasteiger partial charge in [-0.2, -0.15) is 5.26 Å². The third-order valence-corrected chi connectivity index (χ3v) is 4.26. The fourth-order valence-electron chi connectivity index (χ4n) is 3.37. The van der Waals surface area contributed by atoms with Crippen molar-refractivity contribution in [2.45, 2.75) is 31.7 Å². The highest BCUT2D eigenvalue weighted by molar-refractivity contribution is 5.68. The van der Waals surface area contributed by atoms with Crippen molar-refractivity contribution in [1.29, 1.82) is 5.26 Å². The summed E-state index contributed by atoms with van der Waals surface area (Å²) in [6.07, 6.45) is 5.38. The molecule has 0 heterocycles. The molecule has 3 N–H and O–H groups in total. The SMILES string of the molecule is N#Cc1ccc(N)c(NC2CC3CCC2C3)c1.